The summed E-state index contributed by atoms with van der Waals surface area (Å²) in [5.41, 5.74) is 1.96. The summed E-state index contributed by atoms with van der Waals surface area (Å²) in [5, 5.41) is 3.12. The Labute approximate surface area is 257 Å². The maximum Gasteiger partial charge on any atom is 0.264 e. The van der Waals surface area contributed by atoms with Crippen LogP contribution in [0, 0.1) is 6.92 Å². The number of nitrogens with zero attached hydrogens (tertiary/aromatic N) is 2. The van der Waals surface area contributed by atoms with Crippen LogP contribution in [0.2, 0.25) is 0 Å². The molecule has 0 saturated heterocycles. The van der Waals surface area contributed by atoms with Gasteiger partial charge in [0.25, 0.3) is 10.0 Å². The summed E-state index contributed by atoms with van der Waals surface area (Å²) in [6.45, 7) is 3.18. The summed E-state index contributed by atoms with van der Waals surface area (Å²) in [5.74, 6) is -0.452. The smallest absolute Gasteiger partial charge is 0.264 e. The number of ether oxygens (including phenoxy) is 1. The van der Waals surface area contributed by atoms with Gasteiger partial charge in [-0.15, -0.1) is 0 Å². The van der Waals surface area contributed by atoms with E-state index < -0.39 is 28.5 Å². The molecule has 0 bridgehead atoms. The fraction of sp³-hybridized carbons (Fsp3) is 0.375. The molecule has 1 saturated carbocycles. The lowest BCUT2D eigenvalue weighted by Crippen LogP contribution is -2.53. The van der Waals surface area contributed by atoms with Gasteiger partial charge >= 0.3 is 0 Å². The van der Waals surface area contributed by atoms with Crippen molar-refractivity contribution < 1.29 is 22.7 Å². The van der Waals surface area contributed by atoms with Gasteiger partial charge in [-0.3, -0.25) is 13.9 Å². The molecule has 0 unspecified atom stereocenters. The monoisotopic (exact) mass is 655 g/mol. The average Bonchev–Trinajstić information content (AvgIpc) is 2.99. The highest BCUT2D eigenvalue weighted by Crippen LogP contribution is 2.32. The largest absolute Gasteiger partial charge is 0.495 e. The van der Waals surface area contributed by atoms with Crippen LogP contribution in [0.15, 0.2) is 82.2 Å². The maximum absolute atomic E-state index is 14.2. The van der Waals surface area contributed by atoms with E-state index in [4.69, 9.17) is 4.74 Å². The quantitative estimate of drug-likeness (QED) is 0.281. The molecule has 1 aliphatic rings. The van der Waals surface area contributed by atoms with Crippen molar-refractivity contribution in [3.63, 3.8) is 0 Å². The molecule has 0 aromatic heterocycles. The highest BCUT2D eigenvalue weighted by atomic mass is 79.9. The van der Waals surface area contributed by atoms with Gasteiger partial charge in [-0.25, -0.2) is 8.42 Å². The third-order valence-electron chi connectivity index (χ3n) is 7.63. The minimum absolute atomic E-state index is 0.0503. The minimum Gasteiger partial charge on any atom is -0.495 e. The third-order valence-corrected chi connectivity index (χ3v) is 9.93. The van der Waals surface area contributed by atoms with E-state index in [2.05, 4.69) is 21.2 Å². The van der Waals surface area contributed by atoms with E-state index in [1.54, 1.807) is 43.3 Å². The molecular formula is C32H38BrN3O5S. The second kappa shape index (κ2) is 14.2. The molecule has 10 heteroatoms. The first-order valence-corrected chi connectivity index (χ1v) is 16.4. The fourth-order valence-corrected chi connectivity index (χ4v) is 6.81. The summed E-state index contributed by atoms with van der Waals surface area (Å²) in [7, 11) is -2.73. The zero-order valence-corrected chi connectivity index (χ0v) is 26.7. The third kappa shape index (κ3) is 7.72. The van der Waals surface area contributed by atoms with Crippen molar-refractivity contribution in [2.45, 2.75) is 69.5 Å². The summed E-state index contributed by atoms with van der Waals surface area (Å²) >= 11 is 3.44. The Morgan fingerprint density at radius 2 is 1.62 bits per heavy atom. The van der Waals surface area contributed by atoms with E-state index in [1.807, 2.05) is 31.2 Å². The topological polar surface area (TPSA) is 96.0 Å². The number of sulfonamides is 1. The number of aryl methyl sites for hydroxylation is 1. The van der Waals surface area contributed by atoms with Crippen LogP contribution >= 0.6 is 15.9 Å². The van der Waals surface area contributed by atoms with Crippen LogP contribution in [-0.2, 0) is 26.2 Å². The second-order valence-corrected chi connectivity index (χ2v) is 13.4. The van der Waals surface area contributed by atoms with Crippen LogP contribution in [0.3, 0.4) is 0 Å². The molecule has 2 amide bonds. The van der Waals surface area contributed by atoms with Gasteiger partial charge < -0.3 is 15.0 Å². The summed E-state index contributed by atoms with van der Waals surface area (Å²) in [6.07, 6.45) is 5.10. The summed E-state index contributed by atoms with van der Waals surface area (Å²) < 4.78 is 35.5. The predicted molar refractivity (Wildman–Crippen MR) is 168 cm³/mol. The first-order valence-electron chi connectivity index (χ1n) is 14.2. The lowest BCUT2D eigenvalue weighted by Gasteiger charge is -2.33. The van der Waals surface area contributed by atoms with Crippen LogP contribution in [-0.4, -0.2) is 50.9 Å². The molecule has 0 spiro atoms. The van der Waals surface area contributed by atoms with E-state index >= 15 is 0 Å². The first kappa shape index (κ1) is 31.6. The lowest BCUT2D eigenvalue weighted by molar-refractivity contribution is -0.139. The summed E-state index contributed by atoms with van der Waals surface area (Å²) in [6, 6.07) is 19.9. The van der Waals surface area contributed by atoms with Crippen molar-refractivity contribution in [1.29, 1.82) is 0 Å². The number of hydrogen-bond donors (Lipinski definition) is 1. The van der Waals surface area contributed by atoms with Crippen LogP contribution in [0.5, 0.6) is 5.75 Å². The molecule has 3 aromatic carbocycles. The van der Waals surface area contributed by atoms with Crippen LogP contribution < -0.4 is 14.4 Å². The Kier molecular flexibility index (Phi) is 10.7. The molecule has 1 atom stereocenters. The van der Waals surface area contributed by atoms with Gasteiger partial charge in [0.1, 0.15) is 18.3 Å². The maximum atomic E-state index is 14.2. The van der Waals surface area contributed by atoms with E-state index in [9.17, 15) is 18.0 Å². The normalized spacial score (nSPS) is 14.6. The highest BCUT2D eigenvalue weighted by molar-refractivity contribution is 9.10. The van der Waals surface area contributed by atoms with Gasteiger partial charge in [0, 0.05) is 17.1 Å². The van der Waals surface area contributed by atoms with Crippen molar-refractivity contribution in [2.24, 2.45) is 0 Å². The molecule has 42 heavy (non-hydrogen) atoms. The molecule has 1 aliphatic carbocycles. The number of methoxy groups -OCH3 is 1. The Morgan fingerprint density at radius 3 is 2.26 bits per heavy atom. The van der Waals surface area contributed by atoms with E-state index in [0.29, 0.717) is 5.75 Å². The lowest BCUT2D eigenvalue weighted by atomic mass is 9.95. The summed E-state index contributed by atoms with van der Waals surface area (Å²) in [4.78, 5) is 29.1. The molecule has 0 aliphatic heterocycles. The zero-order chi connectivity index (χ0) is 30.3. The number of hydrogen-bond acceptors (Lipinski definition) is 5. The zero-order valence-electron chi connectivity index (χ0n) is 24.3. The van der Waals surface area contributed by atoms with E-state index in [0.717, 1.165) is 52.0 Å². The highest BCUT2D eigenvalue weighted by Gasteiger charge is 2.34. The number of rotatable bonds is 11. The molecule has 4 rings (SSSR count). The van der Waals surface area contributed by atoms with Gasteiger partial charge in [0.05, 0.1) is 17.7 Å². The molecule has 0 radical (unpaired) electrons. The predicted octanol–water partition coefficient (Wildman–Crippen LogP) is 5.83. The van der Waals surface area contributed by atoms with Crippen molar-refractivity contribution in [1.82, 2.24) is 10.2 Å². The fourth-order valence-electron chi connectivity index (χ4n) is 5.12. The molecule has 0 heterocycles. The Balaban J connectivity index is 1.70. The van der Waals surface area contributed by atoms with Gasteiger partial charge in [0.2, 0.25) is 11.8 Å². The number of benzene rings is 3. The molecular weight excluding hydrogens is 618 g/mol. The van der Waals surface area contributed by atoms with Gasteiger partial charge in [-0.2, -0.15) is 0 Å². The molecule has 1 N–H and O–H groups in total. The van der Waals surface area contributed by atoms with E-state index in [1.165, 1.54) is 24.1 Å². The van der Waals surface area contributed by atoms with Crippen molar-refractivity contribution in [3.8, 4) is 5.75 Å². The first-order chi connectivity index (χ1) is 20.1. The minimum atomic E-state index is -4.18. The molecule has 3 aromatic rings. The van der Waals surface area contributed by atoms with Crippen LogP contribution in [0.1, 0.15) is 50.2 Å². The van der Waals surface area contributed by atoms with E-state index in [-0.39, 0.29) is 29.1 Å². The number of anilines is 1. The van der Waals surface area contributed by atoms with Crippen molar-refractivity contribution in [3.05, 3.63) is 88.4 Å². The Morgan fingerprint density at radius 1 is 0.976 bits per heavy atom. The van der Waals surface area contributed by atoms with Crippen molar-refractivity contribution in [2.75, 3.05) is 18.0 Å². The van der Waals surface area contributed by atoms with Gasteiger partial charge in [0.15, 0.2) is 0 Å². The number of para-hydroxylation sites is 2. The Hall–Kier alpha value is -3.37. The Bertz CT molecular complexity index is 1470. The van der Waals surface area contributed by atoms with Gasteiger partial charge in [-0.05, 0) is 68.7 Å². The molecule has 224 valence electrons. The number of amides is 2. The number of nitrogens with one attached hydrogen (secondary N) is 1. The molecule has 1 fully saturated rings. The molecule has 8 nitrogen and oxygen atoms in total. The number of carbonyl (C=O) groups is 2. The average molecular weight is 657 g/mol. The van der Waals surface area contributed by atoms with Crippen molar-refractivity contribution >= 4 is 43.5 Å². The van der Waals surface area contributed by atoms with Gasteiger partial charge in [-0.1, -0.05) is 77.2 Å². The SMILES string of the molecule is COc1ccccc1N(CC(=O)N(Cc1ccc(Br)cc1)[C@H](C)C(=O)NC1CCCCC1)S(=O)(=O)c1ccc(C)cc1. The van der Waals surface area contributed by atoms with Crippen LogP contribution in [0.25, 0.3) is 0 Å². The standard InChI is InChI=1S/C32H38BrN3O5S/c1-23-13-19-28(20-14-23)42(39,40)36(29-11-7-8-12-30(29)41-3)22-31(37)35(21-25-15-17-26(33)18-16-25)24(2)32(38)34-27-9-5-4-6-10-27/h7-8,11-20,24,27H,4-6,9-10,21-22H2,1-3H3,(H,34,38)/t24-/m1/s1. The van der Waals surface area contributed by atoms with Crippen LogP contribution in [0.4, 0.5) is 5.69 Å². The second-order valence-electron chi connectivity index (χ2n) is 10.7. The number of carbonyl (C=O) groups excluding carboxylic acids is 2. The number of halogens is 1.